The van der Waals surface area contributed by atoms with Crippen LogP contribution >= 0.6 is 0 Å². The number of aromatic nitrogens is 2. The van der Waals surface area contributed by atoms with Gasteiger partial charge in [-0.15, -0.1) is 0 Å². The number of alkyl halides is 3. The molecule has 0 saturated carbocycles. The van der Waals surface area contributed by atoms with Gasteiger partial charge in [-0.2, -0.15) is 18.3 Å². The molecule has 0 unspecified atom stereocenters. The zero-order valence-corrected chi connectivity index (χ0v) is 10.1. The van der Waals surface area contributed by atoms with E-state index in [-0.39, 0.29) is 0 Å². The predicted molar refractivity (Wildman–Crippen MR) is 59.6 cm³/mol. The van der Waals surface area contributed by atoms with Crippen LogP contribution in [0, 0.1) is 0 Å². The first-order chi connectivity index (χ1) is 7.89. The van der Waals surface area contributed by atoms with Gasteiger partial charge >= 0.3 is 6.18 Å². The van der Waals surface area contributed by atoms with Crippen molar-refractivity contribution in [1.82, 2.24) is 15.1 Å². The van der Waals surface area contributed by atoms with Crippen molar-refractivity contribution in [3.63, 3.8) is 0 Å². The van der Waals surface area contributed by atoms with Crippen LogP contribution < -0.4 is 5.32 Å². The number of unbranched alkanes of at least 4 members (excludes halogenated alkanes) is 1. The summed E-state index contributed by atoms with van der Waals surface area (Å²) in [6.07, 6.45) is -1.22. The van der Waals surface area contributed by atoms with Crippen LogP contribution in [0.15, 0.2) is 12.3 Å². The van der Waals surface area contributed by atoms with Crippen molar-refractivity contribution < 1.29 is 13.2 Å². The maximum absolute atomic E-state index is 12.2. The Balaban J connectivity index is 2.26. The van der Waals surface area contributed by atoms with Crippen molar-refractivity contribution in [3.05, 3.63) is 18.0 Å². The summed E-state index contributed by atoms with van der Waals surface area (Å²) in [5, 5.41) is 6.74. The Morgan fingerprint density at radius 2 is 2.06 bits per heavy atom. The molecule has 0 aromatic carbocycles. The molecule has 1 N–H and O–H groups in total. The van der Waals surface area contributed by atoms with Crippen LogP contribution in [0.25, 0.3) is 0 Å². The maximum atomic E-state index is 12.2. The number of hydrogen-bond acceptors (Lipinski definition) is 2. The lowest BCUT2D eigenvalue weighted by Gasteiger charge is -2.07. The molecular formula is C11H18F3N3. The first-order valence-corrected chi connectivity index (χ1v) is 5.73. The van der Waals surface area contributed by atoms with E-state index < -0.39 is 11.9 Å². The number of hydrogen-bond donors (Lipinski definition) is 1. The Labute approximate surface area is 99.0 Å². The Hall–Kier alpha value is -1.04. The van der Waals surface area contributed by atoms with Crippen LogP contribution in [-0.2, 0) is 12.7 Å². The van der Waals surface area contributed by atoms with Crippen molar-refractivity contribution in [2.75, 3.05) is 6.54 Å². The Morgan fingerprint density at radius 1 is 1.35 bits per heavy atom. The van der Waals surface area contributed by atoms with Gasteiger partial charge in [0.05, 0.1) is 0 Å². The predicted octanol–water partition coefficient (Wildman–Crippen LogP) is 2.68. The van der Waals surface area contributed by atoms with Crippen molar-refractivity contribution in [2.24, 2.45) is 0 Å². The van der Waals surface area contributed by atoms with Gasteiger partial charge in [-0.1, -0.05) is 13.8 Å². The van der Waals surface area contributed by atoms with Gasteiger partial charge in [-0.3, -0.25) is 4.68 Å². The third-order valence-electron chi connectivity index (χ3n) is 2.30. The highest BCUT2D eigenvalue weighted by atomic mass is 19.4. The molecule has 1 rings (SSSR count). The van der Waals surface area contributed by atoms with Crippen LogP contribution in [0.3, 0.4) is 0 Å². The lowest BCUT2D eigenvalue weighted by Crippen LogP contribution is -2.23. The van der Waals surface area contributed by atoms with Gasteiger partial charge in [-0.05, 0) is 25.5 Å². The van der Waals surface area contributed by atoms with Crippen molar-refractivity contribution >= 4 is 0 Å². The van der Waals surface area contributed by atoms with Crippen LogP contribution in [0.5, 0.6) is 0 Å². The molecule has 17 heavy (non-hydrogen) atoms. The maximum Gasteiger partial charge on any atom is 0.435 e. The molecule has 0 spiro atoms. The quantitative estimate of drug-likeness (QED) is 0.785. The van der Waals surface area contributed by atoms with Gasteiger partial charge in [0.25, 0.3) is 0 Å². The molecule has 0 aliphatic rings. The third kappa shape index (κ3) is 5.21. The molecule has 98 valence electrons. The minimum Gasteiger partial charge on any atom is -0.315 e. The number of aryl methyl sites for hydroxylation is 1. The molecule has 1 heterocycles. The molecular weight excluding hydrogens is 231 g/mol. The van der Waals surface area contributed by atoms with Crippen LogP contribution in [0.1, 0.15) is 32.4 Å². The van der Waals surface area contributed by atoms with Crippen LogP contribution in [0.2, 0.25) is 0 Å². The molecule has 1 aromatic heterocycles. The number of nitrogens with one attached hydrogen (secondary N) is 1. The molecule has 0 fully saturated rings. The van der Waals surface area contributed by atoms with Crippen molar-refractivity contribution in [2.45, 2.75) is 45.5 Å². The minimum atomic E-state index is -4.34. The second kappa shape index (κ2) is 6.05. The average molecular weight is 249 g/mol. The normalized spacial score (nSPS) is 12.4. The highest BCUT2D eigenvalue weighted by Crippen LogP contribution is 2.27. The van der Waals surface area contributed by atoms with Gasteiger partial charge in [0, 0.05) is 18.8 Å². The van der Waals surface area contributed by atoms with Gasteiger partial charge in [0.15, 0.2) is 5.69 Å². The SMILES string of the molecule is CC(C)NCCCCn1ccc(C(F)(F)F)n1. The van der Waals surface area contributed by atoms with E-state index in [1.807, 2.05) is 0 Å². The molecule has 1 aromatic rings. The Kier molecular flexibility index (Phi) is 4.99. The van der Waals surface area contributed by atoms with Crippen LogP contribution in [-0.4, -0.2) is 22.4 Å². The highest BCUT2D eigenvalue weighted by molar-refractivity contribution is 5.03. The topological polar surface area (TPSA) is 29.9 Å². The van der Waals surface area contributed by atoms with Gasteiger partial charge in [0.2, 0.25) is 0 Å². The molecule has 0 amide bonds. The first-order valence-electron chi connectivity index (χ1n) is 5.73. The molecule has 0 bridgehead atoms. The van der Waals surface area contributed by atoms with Crippen molar-refractivity contribution in [3.8, 4) is 0 Å². The number of nitrogens with zero attached hydrogens (tertiary/aromatic N) is 2. The molecule has 0 aliphatic carbocycles. The zero-order valence-electron chi connectivity index (χ0n) is 10.1. The number of halogens is 3. The van der Waals surface area contributed by atoms with E-state index >= 15 is 0 Å². The zero-order chi connectivity index (χ0) is 12.9. The van der Waals surface area contributed by atoms with E-state index in [0.717, 1.165) is 25.5 Å². The van der Waals surface area contributed by atoms with Crippen molar-refractivity contribution in [1.29, 1.82) is 0 Å². The van der Waals surface area contributed by atoms with Crippen LogP contribution in [0.4, 0.5) is 13.2 Å². The van der Waals surface area contributed by atoms with E-state index in [0.29, 0.717) is 12.6 Å². The first kappa shape index (κ1) is 14.0. The summed E-state index contributed by atoms with van der Waals surface area (Å²) in [5.74, 6) is 0. The van der Waals surface area contributed by atoms with E-state index in [4.69, 9.17) is 0 Å². The second-order valence-electron chi connectivity index (χ2n) is 4.28. The summed E-state index contributed by atoms with van der Waals surface area (Å²) >= 11 is 0. The van der Waals surface area contributed by atoms with E-state index in [1.165, 1.54) is 10.9 Å². The summed E-state index contributed by atoms with van der Waals surface area (Å²) in [4.78, 5) is 0. The fourth-order valence-corrected chi connectivity index (χ4v) is 1.43. The standard InChI is InChI=1S/C11H18F3N3/c1-9(2)15-6-3-4-7-17-8-5-10(16-17)11(12,13)14/h5,8-9,15H,3-4,6-7H2,1-2H3. The van der Waals surface area contributed by atoms with E-state index in [1.54, 1.807) is 0 Å². The summed E-state index contributed by atoms with van der Waals surface area (Å²) in [5.41, 5.74) is -0.821. The molecule has 6 heteroatoms. The highest BCUT2D eigenvalue weighted by Gasteiger charge is 2.33. The summed E-state index contributed by atoms with van der Waals surface area (Å²) in [6, 6.07) is 1.45. The van der Waals surface area contributed by atoms with Gasteiger partial charge < -0.3 is 5.32 Å². The smallest absolute Gasteiger partial charge is 0.315 e. The van der Waals surface area contributed by atoms with E-state index in [2.05, 4.69) is 24.3 Å². The second-order valence-corrected chi connectivity index (χ2v) is 4.28. The summed E-state index contributed by atoms with van der Waals surface area (Å²) in [6.45, 7) is 5.52. The molecule has 0 atom stereocenters. The Morgan fingerprint density at radius 3 is 2.59 bits per heavy atom. The average Bonchev–Trinajstić information content (AvgIpc) is 2.64. The molecule has 0 saturated heterocycles. The molecule has 0 aliphatic heterocycles. The minimum absolute atomic E-state index is 0.441. The van der Waals surface area contributed by atoms with Gasteiger partial charge in [0.1, 0.15) is 0 Å². The fraction of sp³-hybridized carbons (Fsp3) is 0.727. The summed E-state index contributed by atoms with van der Waals surface area (Å²) in [7, 11) is 0. The molecule has 0 radical (unpaired) electrons. The van der Waals surface area contributed by atoms with E-state index in [9.17, 15) is 13.2 Å². The fourth-order valence-electron chi connectivity index (χ4n) is 1.43. The molecule has 3 nitrogen and oxygen atoms in total. The largest absolute Gasteiger partial charge is 0.435 e. The summed E-state index contributed by atoms with van der Waals surface area (Å²) < 4.78 is 38.1. The lowest BCUT2D eigenvalue weighted by atomic mass is 10.3. The lowest BCUT2D eigenvalue weighted by molar-refractivity contribution is -0.141. The van der Waals surface area contributed by atoms with Gasteiger partial charge in [-0.25, -0.2) is 0 Å². The third-order valence-corrected chi connectivity index (χ3v) is 2.30. The Bertz CT molecular complexity index is 331. The number of rotatable bonds is 6. The monoisotopic (exact) mass is 249 g/mol.